The Kier molecular flexibility index (Phi) is 6.34. The first-order valence-electron chi connectivity index (χ1n) is 9.99. The van der Waals surface area contributed by atoms with E-state index in [4.69, 9.17) is 26.0 Å². The fraction of sp³-hybridized carbons (Fsp3) is 0.273. The van der Waals surface area contributed by atoms with Crippen LogP contribution < -0.4 is 15.4 Å². The number of hydrogen-bond donors (Lipinski definition) is 2. The molecule has 0 atom stereocenters. The summed E-state index contributed by atoms with van der Waals surface area (Å²) in [5.41, 5.74) is 1.49. The van der Waals surface area contributed by atoms with Crippen molar-refractivity contribution in [3.8, 4) is 11.8 Å². The van der Waals surface area contributed by atoms with Crippen molar-refractivity contribution < 1.29 is 13.9 Å². The molecule has 1 fully saturated rings. The highest BCUT2D eigenvalue weighted by Gasteiger charge is 2.17. The Morgan fingerprint density at radius 2 is 1.84 bits per heavy atom. The smallest absolute Gasteiger partial charge is 0.320 e. The van der Waals surface area contributed by atoms with Crippen LogP contribution >= 0.6 is 11.6 Å². The highest BCUT2D eigenvalue weighted by atomic mass is 35.5. The second-order valence-corrected chi connectivity index (χ2v) is 7.61. The number of benzene rings is 2. The third-order valence-corrected chi connectivity index (χ3v) is 5.24. The Morgan fingerprint density at radius 3 is 2.55 bits per heavy atom. The monoisotopic (exact) mass is 437 g/mol. The van der Waals surface area contributed by atoms with Crippen molar-refractivity contribution in [2.45, 2.75) is 38.2 Å². The quantitative estimate of drug-likeness (QED) is 0.537. The van der Waals surface area contributed by atoms with Crippen molar-refractivity contribution in [3.05, 3.63) is 58.9 Å². The van der Waals surface area contributed by atoms with Crippen molar-refractivity contribution in [3.63, 3.8) is 0 Å². The van der Waals surface area contributed by atoms with E-state index in [2.05, 4.69) is 20.8 Å². The molecule has 2 N–H and O–H groups in total. The highest BCUT2D eigenvalue weighted by Crippen LogP contribution is 2.25. The lowest BCUT2D eigenvalue weighted by Gasteiger charge is -2.23. The molecule has 0 aliphatic heterocycles. The first-order chi connectivity index (χ1) is 15.1. The SMILES string of the molecule is N#Cc1ccc(Nc2nnc(C(=O)Nc3ccc(OC4CCCCC4)cc3)o2)cc1Cl. The number of hydrogen-bond acceptors (Lipinski definition) is 7. The largest absolute Gasteiger partial charge is 0.490 e. The normalized spacial score (nSPS) is 13.9. The Balaban J connectivity index is 1.34. The number of carbonyl (C=O) groups excluding carboxylic acids is 1. The maximum Gasteiger partial charge on any atom is 0.320 e. The molecule has 0 spiro atoms. The molecule has 8 nitrogen and oxygen atoms in total. The van der Waals surface area contributed by atoms with E-state index in [0.717, 1.165) is 18.6 Å². The number of anilines is 3. The summed E-state index contributed by atoms with van der Waals surface area (Å²) in [6, 6.07) is 14.0. The first-order valence-corrected chi connectivity index (χ1v) is 10.4. The van der Waals surface area contributed by atoms with Crippen LogP contribution in [-0.2, 0) is 0 Å². The van der Waals surface area contributed by atoms with Crippen LogP contribution in [0, 0.1) is 11.3 Å². The van der Waals surface area contributed by atoms with Gasteiger partial charge in [-0.3, -0.25) is 4.79 Å². The van der Waals surface area contributed by atoms with Gasteiger partial charge in [-0.25, -0.2) is 0 Å². The minimum absolute atomic E-state index is 0.0298. The van der Waals surface area contributed by atoms with Crippen LogP contribution in [0.1, 0.15) is 48.4 Å². The number of aromatic nitrogens is 2. The fourth-order valence-corrected chi connectivity index (χ4v) is 3.57. The number of carbonyl (C=O) groups is 1. The number of rotatable bonds is 6. The predicted octanol–water partition coefficient (Wildman–Crippen LogP) is 5.30. The standard InChI is InChI=1S/C22H20ClN5O3/c23-19-12-16(7-6-14(19)13-24)26-22-28-27-21(31-22)20(29)25-15-8-10-18(11-9-15)30-17-4-2-1-3-5-17/h6-12,17H,1-5H2,(H,25,29)(H,26,28). The van der Waals surface area contributed by atoms with Crippen molar-refractivity contribution >= 4 is 34.9 Å². The number of nitrogens with zero attached hydrogens (tertiary/aromatic N) is 3. The van der Waals surface area contributed by atoms with Crippen molar-refractivity contribution in [1.82, 2.24) is 10.2 Å². The molecule has 2 aromatic carbocycles. The molecule has 9 heteroatoms. The minimum atomic E-state index is -0.528. The molecule has 0 bridgehead atoms. The Morgan fingerprint density at radius 1 is 1.10 bits per heavy atom. The van der Waals surface area contributed by atoms with E-state index in [0.29, 0.717) is 22.0 Å². The van der Waals surface area contributed by atoms with Gasteiger partial charge in [-0.05, 0) is 68.1 Å². The lowest BCUT2D eigenvalue weighted by molar-refractivity contribution is 0.0991. The summed E-state index contributed by atoms with van der Waals surface area (Å²) >= 11 is 6.01. The van der Waals surface area contributed by atoms with Crippen molar-refractivity contribution in [2.75, 3.05) is 10.6 Å². The van der Waals surface area contributed by atoms with Gasteiger partial charge in [0.05, 0.1) is 16.7 Å². The fourth-order valence-electron chi connectivity index (χ4n) is 3.35. The zero-order valence-corrected chi connectivity index (χ0v) is 17.4. The number of halogens is 1. The number of ether oxygens (including phenoxy) is 1. The minimum Gasteiger partial charge on any atom is -0.490 e. The van der Waals surface area contributed by atoms with Crippen LogP contribution in [0.5, 0.6) is 5.75 Å². The molecule has 1 saturated carbocycles. The van der Waals surface area contributed by atoms with Crippen molar-refractivity contribution in [1.29, 1.82) is 5.26 Å². The Labute approximate surface area is 184 Å². The van der Waals surface area contributed by atoms with Crippen LogP contribution in [-0.4, -0.2) is 22.2 Å². The van der Waals surface area contributed by atoms with E-state index >= 15 is 0 Å². The average Bonchev–Trinajstić information content (AvgIpc) is 3.25. The Bertz CT molecular complexity index is 1100. The molecule has 1 amide bonds. The third-order valence-electron chi connectivity index (χ3n) is 4.93. The van der Waals surface area contributed by atoms with E-state index in [1.54, 1.807) is 30.3 Å². The molecule has 4 rings (SSSR count). The molecular weight excluding hydrogens is 418 g/mol. The number of nitrogens with one attached hydrogen (secondary N) is 2. The molecule has 3 aromatic rings. The van der Waals surface area contributed by atoms with Gasteiger partial charge < -0.3 is 19.8 Å². The van der Waals surface area contributed by atoms with Crippen LogP contribution in [0.2, 0.25) is 5.02 Å². The molecular formula is C22H20ClN5O3. The van der Waals surface area contributed by atoms with Gasteiger partial charge in [0.2, 0.25) is 0 Å². The molecule has 0 radical (unpaired) electrons. The van der Waals surface area contributed by atoms with Crippen LogP contribution in [0.25, 0.3) is 0 Å². The highest BCUT2D eigenvalue weighted by molar-refractivity contribution is 6.32. The summed E-state index contributed by atoms with van der Waals surface area (Å²) < 4.78 is 11.4. The summed E-state index contributed by atoms with van der Waals surface area (Å²) in [4.78, 5) is 12.4. The lowest BCUT2D eigenvalue weighted by Crippen LogP contribution is -2.19. The van der Waals surface area contributed by atoms with E-state index < -0.39 is 5.91 Å². The van der Waals surface area contributed by atoms with Crippen LogP contribution in [0.15, 0.2) is 46.9 Å². The molecule has 1 aliphatic rings. The van der Waals surface area contributed by atoms with Crippen LogP contribution in [0.3, 0.4) is 0 Å². The van der Waals surface area contributed by atoms with Gasteiger partial charge in [0, 0.05) is 11.4 Å². The van der Waals surface area contributed by atoms with Gasteiger partial charge in [-0.2, -0.15) is 5.26 Å². The molecule has 1 aliphatic carbocycles. The van der Waals surface area contributed by atoms with Crippen molar-refractivity contribution in [2.24, 2.45) is 0 Å². The molecule has 0 unspecified atom stereocenters. The topological polar surface area (TPSA) is 113 Å². The molecule has 31 heavy (non-hydrogen) atoms. The summed E-state index contributed by atoms with van der Waals surface area (Å²) in [6.45, 7) is 0. The summed E-state index contributed by atoms with van der Waals surface area (Å²) in [7, 11) is 0. The number of amides is 1. The zero-order valence-electron chi connectivity index (χ0n) is 16.6. The lowest BCUT2D eigenvalue weighted by atomic mass is 9.98. The van der Waals surface area contributed by atoms with Gasteiger partial charge in [0.25, 0.3) is 0 Å². The predicted molar refractivity (Wildman–Crippen MR) is 116 cm³/mol. The summed E-state index contributed by atoms with van der Waals surface area (Å²) in [5, 5.41) is 22.4. The molecule has 1 heterocycles. The summed E-state index contributed by atoms with van der Waals surface area (Å²) in [5.74, 6) is 0.0689. The van der Waals surface area contributed by atoms with Gasteiger partial charge in [-0.1, -0.05) is 23.1 Å². The third kappa shape index (κ3) is 5.32. The van der Waals surface area contributed by atoms with Gasteiger partial charge in [0.15, 0.2) is 0 Å². The molecule has 0 saturated heterocycles. The van der Waals surface area contributed by atoms with Gasteiger partial charge >= 0.3 is 17.8 Å². The second kappa shape index (κ2) is 9.49. The van der Waals surface area contributed by atoms with Gasteiger partial charge in [-0.15, -0.1) is 5.10 Å². The Hall–Kier alpha value is -3.57. The van der Waals surface area contributed by atoms with Gasteiger partial charge in [0.1, 0.15) is 11.8 Å². The molecule has 1 aromatic heterocycles. The number of nitriles is 1. The van der Waals surface area contributed by atoms with E-state index in [1.165, 1.54) is 19.3 Å². The maximum atomic E-state index is 12.4. The first kappa shape index (κ1) is 20.7. The summed E-state index contributed by atoms with van der Waals surface area (Å²) in [6.07, 6.45) is 6.13. The maximum absolute atomic E-state index is 12.4. The van der Waals surface area contributed by atoms with Crippen LogP contribution in [0.4, 0.5) is 17.4 Å². The van der Waals surface area contributed by atoms with E-state index in [1.807, 2.05) is 18.2 Å². The van der Waals surface area contributed by atoms with E-state index in [9.17, 15) is 4.79 Å². The zero-order chi connectivity index (χ0) is 21.6. The average molecular weight is 438 g/mol. The van der Waals surface area contributed by atoms with E-state index in [-0.39, 0.29) is 18.0 Å². The second-order valence-electron chi connectivity index (χ2n) is 7.20. The molecule has 158 valence electrons.